The first-order valence-electron chi connectivity index (χ1n) is 5.04. The molecule has 0 amide bonds. The molecule has 4 nitrogen and oxygen atoms in total. The number of hydrogen-bond acceptors (Lipinski definition) is 3. The molecular formula is C10H12Cl2N2O2. The second-order valence-electron chi connectivity index (χ2n) is 3.37. The Bertz CT molecular complexity index is 443. The summed E-state index contributed by atoms with van der Waals surface area (Å²) in [7, 11) is 0. The Hall–Kier alpha value is -0.870. The Balaban J connectivity index is 2.85. The molecule has 6 heteroatoms. The van der Waals surface area contributed by atoms with Crippen molar-refractivity contribution in [1.82, 2.24) is 9.78 Å². The molecule has 88 valence electrons. The van der Waals surface area contributed by atoms with Gasteiger partial charge in [-0.2, -0.15) is 9.78 Å². The van der Waals surface area contributed by atoms with Crippen molar-refractivity contribution in [2.45, 2.75) is 32.6 Å². The summed E-state index contributed by atoms with van der Waals surface area (Å²) in [5.74, 6) is -0.350. The molecular weight excluding hydrogens is 251 g/mol. The topological polar surface area (TPSA) is 52.0 Å². The zero-order valence-electron chi connectivity index (χ0n) is 8.87. The third-order valence-electron chi connectivity index (χ3n) is 2.11. The standard InChI is InChI=1S/C10H12Cl2N2O2/c1-2-3-4-5-8(15)14-10(16)9(12)7(11)6-13-14/h6H,2-5H2,1H3. The lowest BCUT2D eigenvalue weighted by molar-refractivity contribution is 0.0876. The number of halogens is 2. The van der Waals surface area contributed by atoms with Crippen LogP contribution in [0.25, 0.3) is 0 Å². The van der Waals surface area contributed by atoms with E-state index in [4.69, 9.17) is 23.2 Å². The average Bonchev–Trinajstić information content (AvgIpc) is 2.26. The number of nitrogens with zero attached hydrogens (tertiary/aromatic N) is 2. The number of rotatable bonds is 4. The summed E-state index contributed by atoms with van der Waals surface area (Å²) in [6, 6.07) is 0. The molecule has 0 saturated carbocycles. The fourth-order valence-electron chi connectivity index (χ4n) is 1.22. The van der Waals surface area contributed by atoms with E-state index in [2.05, 4.69) is 5.10 Å². The van der Waals surface area contributed by atoms with Crippen LogP contribution in [0.15, 0.2) is 11.0 Å². The summed E-state index contributed by atoms with van der Waals surface area (Å²) >= 11 is 11.2. The molecule has 0 fully saturated rings. The Morgan fingerprint density at radius 1 is 1.44 bits per heavy atom. The Labute approximate surface area is 103 Å². The summed E-state index contributed by atoms with van der Waals surface area (Å²) in [6.07, 6.45) is 4.18. The maximum atomic E-state index is 11.6. The second-order valence-corrected chi connectivity index (χ2v) is 4.16. The van der Waals surface area contributed by atoms with Crippen molar-refractivity contribution >= 4 is 29.1 Å². The molecule has 0 aromatic carbocycles. The minimum absolute atomic E-state index is 0.0595. The van der Waals surface area contributed by atoms with E-state index in [-0.39, 0.29) is 16.0 Å². The molecule has 0 aliphatic carbocycles. The lowest BCUT2D eigenvalue weighted by atomic mass is 10.2. The molecule has 1 aromatic heterocycles. The molecule has 0 aliphatic rings. The van der Waals surface area contributed by atoms with Crippen molar-refractivity contribution in [3.05, 3.63) is 26.6 Å². The summed E-state index contributed by atoms with van der Waals surface area (Å²) in [5, 5.41) is 3.55. The summed E-state index contributed by atoms with van der Waals surface area (Å²) < 4.78 is 0.768. The highest BCUT2D eigenvalue weighted by Gasteiger charge is 2.12. The van der Waals surface area contributed by atoms with Crippen molar-refractivity contribution in [3.63, 3.8) is 0 Å². The predicted octanol–water partition coefficient (Wildman–Crippen LogP) is 2.77. The van der Waals surface area contributed by atoms with Gasteiger partial charge in [0.2, 0.25) is 5.91 Å². The number of unbranched alkanes of at least 4 members (excludes halogenated alkanes) is 2. The first-order chi connectivity index (χ1) is 7.57. The summed E-state index contributed by atoms with van der Waals surface area (Å²) in [4.78, 5) is 23.1. The van der Waals surface area contributed by atoms with Crippen molar-refractivity contribution in [2.75, 3.05) is 0 Å². The van der Waals surface area contributed by atoms with Gasteiger partial charge in [-0.05, 0) is 6.42 Å². The van der Waals surface area contributed by atoms with Crippen LogP contribution in [0.1, 0.15) is 37.4 Å². The largest absolute Gasteiger partial charge is 0.294 e. The van der Waals surface area contributed by atoms with Gasteiger partial charge in [0.15, 0.2) is 0 Å². The zero-order valence-corrected chi connectivity index (χ0v) is 10.4. The lowest BCUT2D eigenvalue weighted by Crippen LogP contribution is -2.29. The third-order valence-corrected chi connectivity index (χ3v) is 2.86. The van der Waals surface area contributed by atoms with Crippen LogP contribution in [0.5, 0.6) is 0 Å². The molecule has 1 heterocycles. The van der Waals surface area contributed by atoms with Crippen LogP contribution in [0.4, 0.5) is 0 Å². The van der Waals surface area contributed by atoms with Gasteiger partial charge < -0.3 is 0 Å². The minimum Gasteiger partial charge on any atom is -0.272 e. The van der Waals surface area contributed by atoms with Gasteiger partial charge in [0.25, 0.3) is 5.56 Å². The van der Waals surface area contributed by atoms with Gasteiger partial charge in [0.1, 0.15) is 5.02 Å². The minimum atomic E-state index is -0.657. The van der Waals surface area contributed by atoms with Gasteiger partial charge >= 0.3 is 0 Å². The summed E-state index contributed by atoms with van der Waals surface area (Å²) in [5.41, 5.74) is -0.657. The van der Waals surface area contributed by atoms with Crippen LogP contribution in [0.3, 0.4) is 0 Å². The molecule has 16 heavy (non-hydrogen) atoms. The fourth-order valence-corrected chi connectivity index (χ4v) is 1.48. The van der Waals surface area contributed by atoms with Crippen LogP contribution in [0.2, 0.25) is 10.0 Å². The smallest absolute Gasteiger partial charge is 0.272 e. The maximum absolute atomic E-state index is 11.6. The molecule has 0 N–H and O–H groups in total. The Morgan fingerprint density at radius 2 is 2.12 bits per heavy atom. The van der Waals surface area contributed by atoms with Crippen LogP contribution >= 0.6 is 23.2 Å². The highest BCUT2D eigenvalue weighted by atomic mass is 35.5. The van der Waals surface area contributed by atoms with E-state index in [1.54, 1.807) is 0 Å². The van der Waals surface area contributed by atoms with Gasteiger partial charge in [-0.3, -0.25) is 9.59 Å². The van der Waals surface area contributed by atoms with Gasteiger partial charge in [-0.15, -0.1) is 0 Å². The van der Waals surface area contributed by atoms with Crippen LogP contribution in [-0.2, 0) is 0 Å². The van der Waals surface area contributed by atoms with Crippen molar-refractivity contribution in [3.8, 4) is 0 Å². The monoisotopic (exact) mass is 262 g/mol. The highest BCUT2D eigenvalue weighted by Crippen LogP contribution is 2.14. The molecule has 1 aromatic rings. The lowest BCUT2D eigenvalue weighted by Gasteiger charge is -2.03. The first-order valence-corrected chi connectivity index (χ1v) is 5.80. The molecule has 0 spiro atoms. The Morgan fingerprint density at radius 3 is 2.75 bits per heavy atom. The predicted molar refractivity (Wildman–Crippen MR) is 63.3 cm³/mol. The zero-order chi connectivity index (χ0) is 12.1. The van der Waals surface area contributed by atoms with E-state index < -0.39 is 5.56 Å². The van der Waals surface area contributed by atoms with Crippen molar-refractivity contribution < 1.29 is 4.79 Å². The molecule has 0 atom stereocenters. The molecule has 1 rings (SSSR count). The second kappa shape index (κ2) is 6.01. The normalized spacial score (nSPS) is 10.4. The van der Waals surface area contributed by atoms with Crippen LogP contribution < -0.4 is 5.56 Å². The molecule has 0 bridgehead atoms. The number of hydrogen-bond donors (Lipinski definition) is 0. The van der Waals surface area contributed by atoms with Gasteiger partial charge in [-0.25, -0.2) is 0 Å². The highest BCUT2D eigenvalue weighted by molar-refractivity contribution is 6.41. The van der Waals surface area contributed by atoms with Crippen LogP contribution in [0, 0.1) is 0 Å². The average molecular weight is 263 g/mol. The quantitative estimate of drug-likeness (QED) is 0.785. The van der Waals surface area contributed by atoms with E-state index in [1.165, 1.54) is 6.20 Å². The number of carbonyl (C=O) groups is 1. The third kappa shape index (κ3) is 3.06. The van der Waals surface area contributed by atoms with Crippen LogP contribution in [-0.4, -0.2) is 15.7 Å². The van der Waals surface area contributed by atoms with Gasteiger partial charge in [-0.1, -0.05) is 43.0 Å². The van der Waals surface area contributed by atoms with Gasteiger partial charge in [0, 0.05) is 6.42 Å². The molecule has 0 unspecified atom stereocenters. The molecule has 0 radical (unpaired) electrons. The SMILES string of the molecule is CCCCCC(=O)n1ncc(Cl)c(Cl)c1=O. The van der Waals surface area contributed by atoms with E-state index in [9.17, 15) is 9.59 Å². The molecule has 0 aliphatic heterocycles. The van der Waals surface area contributed by atoms with Gasteiger partial charge in [0.05, 0.1) is 11.2 Å². The van der Waals surface area contributed by atoms with E-state index in [0.29, 0.717) is 6.42 Å². The van der Waals surface area contributed by atoms with Crippen molar-refractivity contribution in [1.29, 1.82) is 0 Å². The van der Waals surface area contributed by atoms with E-state index >= 15 is 0 Å². The van der Waals surface area contributed by atoms with E-state index in [0.717, 1.165) is 23.9 Å². The molecule has 0 saturated heterocycles. The summed E-state index contributed by atoms with van der Waals surface area (Å²) in [6.45, 7) is 2.04. The first kappa shape index (κ1) is 13.2. The van der Waals surface area contributed by atoms with E-state index in [1.807, 2.05) is 6.92 Å². The Kier molecular flexibility index (Phi) is 4.96. The van der Waals surface area contributed by atoms with Crippen molar-refractivity contribution in [2.24, 2.45) is 0 Å². The fraction of sp³-hybridized carbons (Fsp3) is 0.500. The number of aromatic nitrogens is 2. The maximum Gasteiger partial charge on any atom is 0.294 e. The number of carbonyl (C=O) groups excluding carboxylic acids is 1.